The quantitative estimate of drug-likeness (QED) is 0.710. The average molecular weight is 231 g/mol. The van der Waals surface area contributed by atoms with Gasteiger partial charge in [-0.3, -0.25) is 9.78 Å². The third kappa shape index (κ3) is 3.15. The van der Waals surface area contributed by atoms with E-state index in [0.717, 1.165) is 5.56 Å². The van der Waals surface area contributed by atoms with Crippen LogP contribution in [0.3, 0.4) is 0 Å². The molecule has 5 heteroatoms. The fraction of sp³-hybridized carbons (Fsp3) is 0.167. The Morgan fingerprint density at radius 3 is 2.53 bits per heavy atom. The fourth-order valence-electron chi connectivity index (χ4n) is 1.51. The first-order valence-corrected chi connectivity index (χ1v) is 5.31. The SMILES string of the molecule is O=c1[nH]cc(CNCc2ccccc2)c(=O)[nH]1. The molecule has 1 aromatic carbocycles. The summed E-state index contributed by atoms with van der Waals surface area (Å²) in [4.78, 5) is 26.8. The van der Waals surface area contributed by atoms with Crippen molar-refractivity contribution in [2.75, 3.05) is 0 Å². The summed E-state index contributed by atoms with van der Waals surface area (Å²) >= 11 is 0. The van der Waals surface area contributed by atoms with Crippen molar-refractivity contribution >= 4 is 0 Å². The number of benzene rings is 1. The minimum Gasteiger partial charge on any atom is -0.314 e. The molecule has 17 heavy (non-hydrogen) atoms. The van der Waals surface area contributed by atoms with Gasteiger partial charge >= 0.3 is 5.69 Å². The molecule has 0 aliphatic heterocycles. The number of hydrogen-bond donors (Lipinski definition) is 3. The number of nitrogens with one attached hydrogen (secondary N) is 3. The van der Waals surface area contributed by atoms with Gasteiger partial charge in [-0.2, -0.15) is 0 Å². The van der Waals surface area contributed by atoms with E-state index in [9.17, 15) is 9.59 Å². The van der Waals surface area contributed by atoms with Crippen LogP contribution in [0.4, 0.5) is 0 Å². The molecule has 0 fully saturated rings. The Hall–Kier alpha value is -2.14. The van der Waals surface area contributed by atoms with E-state index in [1.807, 2.05) is 30.3 Å². The van der Waals surface area contributed by atoms with Crippen LogP contribution in [0.2, 0.25) is 0 Å². The molecular formula is C12H13N3O2. The Balaban J connectivity index is 1.95. The molecule has 0 bridgehead atoms. The van der Waals surface area contributed by atoms with Crippen molar-refractivity contribution in [2.24, 2.45) is 0 Å². The third-order valence-corrected chi connectivity index (χ3v) is 2.38. The van der Waals surface area contributed by atoms with Gasteiger partial charge in [-0.1, -0.05) is 30.3 Å². The molecule has 2 aromatic rings. The zero-order valence-corrected chi connectivity index (χ0v) is 9.19. The molecule has 1 aromatic heterocycles. The van der Waals surface area contributed by atoms with Gasteiger partial charge in [0.25, 0.3) is 5.56 Å². The first kappa shape index (κ1) is 11.3. The molecule has 0 saturated heterocycles. The van der Waals surface area contributed by atoms with Crippen LogP contribution >= 0.6 is 0 Å². The molecule has 1 heterocycles. The first-order chi connectivity index (χ1) is 8.25. The van der Waals surface area contributed by atoms with Crippen LogP contribution in [0.5, 0.6) is 0 Å². The largest absolute Gasteiger partial charge is 0.325 e. The fourth-order valence-corrected chi connectivity index (χ4v) is 1.51. The second kappa shape index (κ2) is 5.27. The zero-order valence-electron chi connectivity index (χ0n) is 9.19. The van der Waals surface area contributed by atoms with Gasteiger partial charge in [-0.05, 0) is 5.56 Å². The Labute approximate surface area is 97.5 Å². The van der Waals surface area contributed by atoms with Gasteiger partial charge in [0, 0.05) is 24.8 Å². The van der Waals surface area contributed by atoms with Gasteiger partial charge in [0.2, 0.25) is 0 Å². The van der Waals surface area contributed by atoms with Crippen LogP contribution in [0, 0.1) is 0 Å². The van der Waals surface area contributed by atoms with Crippen LogP contribution in [-0.4, -0.2) is 9.97 Å². The molecule has 0 spiro atoms. The van der Waals surface area contributed by atoms with Crippen molar-refractivity contribution in [1.82, 2.24) is 15.3 Å². The van der Waals surface area contributed by atoms with E-state index in [1.165, 1.54) is 6.20 Å². The lowest BCUT2D eigenvalue weighted by molar-refractivity contribution is 0.683. The van der Waals surface area contributed by atoms with Crippen LogP contribution in [0.25, 0.3) is 0 Å². The Kier molecular flexibility index (Phi) is 3.52. The lowest BCUT2D eigenvalue weighted by Gasteiger charge is -2.03. The van der Waals surface area contributed by atoms with Gasteiger partial charge in [0.15, 0.2) is 0 Å². The third-order valence-electron chi connectivity index (χ3n) is 2.38. The summed E-state index contributed by atoms with van der Waals surface area (Å²) < 4.78 is 0. The topological polar surface area (TPSA) is 77.8 Å². The highest BCUT2D eigenvalue weighted by atomic mass is 16.2. The summed E-state index contributed by atoms with van der Waals surface area (Å²) in [7, 11) is 0. The monoisotopic (exact) mass is 231 g/mol. The van der Waals surface area contributed by atoms with E-state index in [1.54, 1.807) is 0 Å². The Morgan fingerprint density at radius 1 is 1.06 bits per heavy atom. The molecule has 0 amide bonds. The smallest absolute Gasteiger partial charge is 0.314 e. The summed E-state index contributed by atoms with van der Waals surface area (Å²) in [6, 6.07) is 9.89. The lowest BCUT2D eigenvalue weighted by Crippen LogP contribution is -2.27. The van der Waals surface area contributed by atoms with E-state index in [4.69, 9.17) is 0 Å². The van der Waals surface area contributed by atoms with Crippen molar-refractivity contribution < 1.29 is 0 Å². The van der Waals surface area contributed by atoms with Crippen LogP contribution in [0.1, 0.15) is 11.1 Å². The number of hydrogen-bond acceptors (Lipinski definition) is 3. The van der Waals surface area contributed by atoms with Crippen molar-refractivity contribution in [3.05, 3.63) is 68.5 Å². The highest BCUT2D eigenvalue weighted by Gasteiger charge is 1.99. The maximum absolute atomic E-state index is 11.4. The van der Waals surface area contributed by atoms with Gasteiger partial charge in [0.1, 0.15) is 0 Å². The molecule has 88 valence electrons. The maximum atomic E-state index is 11.4. The molecule has 0 atom stereocenters. The highest BCUT2D eigenvalue weighted by Crippen LogP contribution is 1.97. The Morgan fingerprint density at radius 2 is 1.82 bits per heavy atom. The van der Waals surface area contributed by atoms with Crippen molar-refractivity contribution in [3.8, 4) is 0 Å². The molecule has 0 aliphatic carbocycles. The lowest BCUT2D eigenvalue weighted by atomic mass is 10.2. The van der Waals surface area contributed by atoms with Crippen molar-refractivity contribution in [3.63, 3.8) is 0 Å². The summed E-state index contributed by atoms with van der Waals surface area (Å²) in [5.74, 6) is 0. The molecule has 0 radical (unpaired) electrons. The van der Waals surface area contributed by atoms with Crippen LogP contribution in [-0.2, 0) is 13.1 Å². The molecule has 5 nitrogen and oxygen atoms in total. The minimum atomic E-state index is -0.484. The molecule has 0 unspecified atom stereocenters. The zero-order chi connectivity index (χ0) is 12.1. The van der Waals surface area contributed by atoms with Crippen molar-refractivity contribution in [1.29, 1.82) is 0 Å². The summed E-state index contributed by atoms with van der Waals surface area (Å²) in [6.07, 6.45) is 1.43. The standard InChI is InChI=1S/C12H13N3O2/c16-11-10(8-14-12(17)15-11)7-13-6-9-4-2-1-3-5-9/h1-5,8,13H,6-7H2,(H2,14,15,16,17). The Bertz CT molecular complexity index is 586. The second-order valence-corrected chi connectivity index (χ2v) is 3.69. The molecule has 2 rings (SSSR count). The molecular weight excluding hydrogens is 218 g/mol. The van der Waals surface area contributed by atoms with E-state index >= 15 is 0 Å². The highest BCUT2D eigenvalue weighted by molar-refractivity contribution is 5.14. The number of H-pyrrole nitrogens is 2. The van der Waals surface area contributed by atoms with E-state index in [-0.39, 0.29) is 5.56 Å². The minimum absolute atomic E-state index is 0.352. The maximum Gasteiger partial charge on any atom is 0.325 e. The van der Waals surface area contributed by atoms with E-state index in [0.29, 0.717) is 18.7 Å². The van der Waals surface area contributed by atoms with E-state index in [2.05, 4.69) is 15.3 Å². The first-order valence-electron chi connectivity index (χ1n) is 5.31. The second-order valence-electron chi connectivity index (χ2n) is 3.69. The molecule has 0 aliphatic rings. The summed E-state index contributed by atoms with van der Waals surface area (Å²) in [6.45, 7) is 1.10. The molecule has 3 N–H and O–H groups in total. The molecule has 0 saturated carbocycles. The van der Waals surface area contributed by atoms with Gasteiger partial charge in [-0.25, -0.2) is 4.79 Å². The van der Waals surface area contributed by atoms with Crippen molar-refractivity contribution in [2.45, 2.75) is 13.1 Å². The summed E-state index contributed by atoms with van der Waals surface area (Å²) in [5.41, 5.74) is 0.824. The predicted molar refractivity (Wildman–Crippen MR) is 64.7 cm³/mol. The number of aromatic amines is 2. The van der Waals surface area contributed by atoms with Crippen LogP contribution < -0.4 is 16.6 Å². The van der Waals surface area contributed by atoms with Crippen LogP contribution in [0.15, 0.2) is 46.1 Å². The van der Waals surface area contributed by atoms with Gasteiger partial charge in [-0.15, -0.1) is 0 Å². The number of aromatic nitrogens is 2. The summed E-state index contributed by atoms with van der Waals surface area (Å²) in [5, 5.41) is 3.14. The van der Waals surface area contributed by atoms with E-state index < -0.39 is 5.69 Å². The predicted octanol–water partition coefficient (Wildman–Crippen LogP) is 0.353. The van der Waals surface area contributed by atoms with Gasteiger partial charge < -0.3 is 10.3 Å². The number of rotatable bonds is 4. The normalized spacial score (nSPS) is 10.4. The van der Waals surface area contributed by atoms with Gasteiger partial charge in [0.05, 0.1) is 0 Å². The average Bonchev–Trinajstić information content (AvgIpc) is 2.33.